The van der Waals surface area contributed by atoms with Crippen molar-refractivity contribution in [2.24, 2.45) is 0 Å². The van der Waals surface area contributed by atoms with E-state index in [1.165, 1.54) is 0 Å². The van der Waals surface area contributed by atoms with E-state index in [1.54, 1.807) is 29.2 Å². The normalized spacial score (nSPS) is 22.3. The van der Waals surface area contributed by atoms with Gasteiger partial charge in [0, 0.05) is 12.6 Å². The zero-order valence-electron chi connectivity index (χ0n) is 11.9. The van der Waals surface area contributed by atoms with Gasteiger partial charge in [0.25, 0.3) is 0 Å². The molecule has 2 aromatic heterocycles. The minimum absolute atomic E-state index is 0.00607. The summed E-state index contributed by atoms with van der Waals surface area (Å²) in [6.07, 6.45) is -0.0850. The van der Waals surface area contributed by atoms with Crippen molar-refractivity contribution in [2.45, 2.75) is 26.1 Å². The van der Waals surface area contributed by atoms with Crippen LogP contribution >= 0.6 is 11.3 Å². The Bertz CT molecular complexity index is 611. The van der Waals surface area contributed by atoms with Crippen LogP contribution in [0.5, 0.6) is 0 Å². The van der Waals surface area contributed by atoms with Gasteiger partial charge < -0.3 is 14.2 Å². The van der Waals surface area contributed by atoms with Crippen LogP contribution in [-0.4, -0.2) is 35.3 Å². The summed E-state index contributed by atoms with van der Waals surface area (Å²) in [5.74, 6) is 1.10. The zero-order valence-corrected chi connectivity index (χ0v) is 12.7. The maximum Gasteiger partial charge on any atom is 0.323 e. The molecule has 21 heavy (non-hydrogen) atoms. The maximum atomic E-state index is 12.3. The third kappa shape index (κ3) is 3.25. The summed E-state index contributed by atoms with van der Waals surface area (Å²) in [6, 6.07) is 3.54. The molecular weight excluding hydrogens is 290 g/mol. The molecule has 3 heterocycles. The maximum absolute atomic E-state index is 12.3. The van der Waals surface area contributed by atoms with Gasteiger partial charge in [-0.15, -0.1) is 0 Å². The van der Waals surface area contributed by atoms with Crippen LogP contribution in [-0.2, 0) is 4.74 Å². The summed E-state index contributed by atoms with van der Waals surface area (Å²) < 4.78 is 10.9. The van der Waals surface area contributed by atoms with Gasteiger partial charge in [-0.2, -0.15) is 11.3 Å². The van der Waals surface area contributed by atoms with Gasteiger partial charge >= 0.3 is 6.03 Å². The number of carbonyl (C=O) groups excluding carboxylic acids is 1. The van der Waals surface area contributed by atoms with Gasteiger partial charge in [-0.1, -0.05) is 5.16 Å². The summed E-state index contributed by atoms with van der Waals surface area (Å²) >= 11 is 1.63. The molecule has 6 nitrogen and oxygen atoms in total. The molecule has 0 radical (unpaired) electrons. The molecule has 0 saturated carbocycles. The topological polar surface area (TPSA) is 67.6 Å². The van der Waals surface area contributed by atoms with Crippen LogP contribution in [0.2, 0.25) is 0 Å². The van der Waals surface area contributed by atoms with Crippen molar-refractivity contribution in [2.75, 3.05) is 18.4 Å². The number of rotatable bonds is 2. The first-order chi connectivity index (χ1) is 10.1. The van der Waals surface area contributed by atoms with Crippen molar-refractivity contribution in [3.8, 4) is 0 Å². The van der Waals surface area contributed by atoms with E-state index in [9.17, 15) is 4.79 Å². The lowest BCUT2D eigenvalue weighted by Gasteiger charge is -2.36. The van der Waals surface area contributed by atoms with Gasteiger partial charge in [-0.25, -0.2) is 4.79 Å². The van der Waals surface area contributed by atoms with Crippen LogP contribution < -0.4 is 5.32 Å². The fraction of sp³-hybridized carbons (Fsp3) is 0.429. The average molecular weight is 307 g/mol. The van der Waals surface area contributed by atoms with E-state index in [4.69, 9.17) is 9.26 Å². The summed E-state index contributed by atoms with van der Waals surface area (Å²) in [4.78, 5) is 14.1. The standard InChI is InChI=1S/C14H17N3O3S/c1-9-5-13(16-20-9)15-14(18)17-6-10(2)19-12(7-17)11-3-4-21-8-11/h3-5,8,10,12H,6-7H2,1-2H3,(H,15,16,18). The van der Waals surface area contributed by atoms with Gasteiger partial charge in [0.05, 0.1) is 12.6 Å². The molecule has 3 rings (SSSR count). The summed E-state index contributed by atoms with van der Waals surface area (Å²) in [6.45, 7) is 4.85. The number of aromatic nitrogens is 1. The molecule has 1 fully saturated rings. The van der Waals surface area contributed by atoms with E-state index in [0.29, 0.717) is 24.7 Å². The number of aryl methyl sites for hydroxylation is 1. The monoisotopic (exact) mass is 307 g/mol. The number of anilines is 1. The third-order valence-corrected chi connectivity index (χ3v) is 4.03. The fourth-order valence-electron chi connectivity index (χ4n) is 2.37. The van der Waals surface area contributed by atoms with Crippen LogP contribution in [0.1, 0.15) is 24.4 Å². The number of morpholine rings is 1. The van der Waals surface area contributed by atoms with Crippen LogP contribution in [0.15, 0.2) is 27.4 Å². The SMILES string of the molecule is Cc1cc(NC(=O)N2CC(C)OC(c3ccsc3)C2)no1. The first-order valence-corrected chi connectivity index (χ1v) is 7.73. The highest BCUT2D eigenvalue weighted by atomic mass is 32.1. The molecule has 2 aromatic rings. The van der Waals surface area contributed by atoms with Crippen molar-refractivity contribution in [3.05, 3.63) is 34.2 Å². The number of urea groups is 1. The number of carbonyl (C=O) groups is 1. The molecule has 1 saturated heterocycles. The fourth-order valence-corrected chi connectivity index (χ4v) is 3.08. The first kappa shape index (κ1) is 14.1. The van der Waals surface area contributed by atoms with E-state index < -0.39 is 0 Å². The molecule has 2 amide bonds. The lowest BCUT2D eigenvalue weighted by atomic mass is 10.1. The summed E-state index contributed by atoms with van der Waals surface area (Å²) in [7, 11) is 0. The molecule has 0 aliphatic carbocycles. The van der Waals surface area contributed by atoms with Crippen molar-refractivity contribution in [1.29, 1.82) is 0 Å². The smallest absolute Gasteiger partial charge is 0.323 e. The molecule has 0 spiro atoms. The first-order valence-electron chi connectivity index (χ1n) is 6.78. The predicted octanol–water partition coefficient (Wildman–Crippen LogP) is 3.04. The van der Waals surface area contributed by atoms with Gasteiger partial charge in [0.2, 0.25) is 0 Å². The molecule has 112 valence electrons. The second-order valence-corrected chi connectivity index (χ2v) is 5.93. The molecule has 0 bridgehead atoms. The minimum atomic E-state index is -0.182. The highest BCUT2D eigenvalue weighted by molar-refractivity contribution is 7.07. The van der Waals surface area contributed by atoms with E-state index >= 15 is 0 Å². The van der Waals surface area contributed by atoms with E-state index in [0.717, 1.165) is 5.56 Å². The van der Waals surface area contributed by atoms with Gasteiger partial charge in [-0.3, -0.25) is 5.32 Å². The third-order valence-electron chi connectivity index (χ3n) is 3.33. The second-order valence-electron chi connectivity index (χ2n) is 5.15. The molecule has 0 aromatic carbocycles. The predicted molar refractivity (Wildman–Crippen MR) is 79.4 cm³/mol. The van der Waals surface area contributed by atoms with Crippen LogP contribution in [0.25, 0.3) is 0 Å². The largest absolute Gasteiger partial charge is 0.367 e. The van der Waals surface area contributed by atoms with Crippen LogP contribution in [0.4, 0.5) is 10.6 Å². The lowest BCUT2D eigenvalue weighted by molar-refractivity contribution is -0.0641. The van der Waals surface area contributed by atoms with Crippen molar-refractivity contribution >= 4 is 23.2 Å². The molecule has 2 atom stereocenters. The van der Waals surface area contributed by atoms with Gasteiger partial charge in [0.1, 0.15) is 11.9 Å². The Morgan fingerprint density at radius 2 is 2.38 bits per heavy atom. The number of nitrogens with one attached hydrogen (secondary N) is 1. The highest BCUT2D eigenvalue weighted by Gasteiger charge is 2.29. The minimum Gasteiger partial charge on any atom is -0.367 e. The molecular formula is C14H17N3O3S. The lowest BCUT2D eigenvalue weighted by Crippen LogP contribution is -2.47. The molecule has 7 heteroatoms. The Balaban J connectivity index is 1.67. The summed E-state index contributed by atoms with van der Waals surface area (Å²) in [5.41, 5.74) is 1.11. The Morgan fingerprint density at radius 3 is 3.05 bits per heavy atom. The van der Waals surface area contributed by atoms with E-state index in [1.807, 2.05) is 18.4 Å². The quantitative estimate of drug-likeness (QED) is 0.926. The van der Waals surface area contributed by atoms with Crippen LogP contribution in [0, 0.1) is 6.92 Å². The number of amides is 2. The Hall–Kier alpha value is -1.86. The summed E-state index contributed by atoms with van der Waals surface area (Å²) in [5, 5.41) is 10.6. The Morgan fingerprint density at radius 1 is 1.52 bits per heavy atom. The number of hydrogen-bond acceptors (Lipinski definition) is 5. The Kier molecular flexibility index (Phi) is 3.94. The molecule has 1 aliphatic heterocycles. The number of thiophene rings is 1. The van der Waals surface area contributed by atoms with Gasteiger partial charge in [-0.05, 0) is 36.2 Å². The number of ether oxygens (including phenoxy) is 1. The second kappa shape index (κ2) is 5.87. The van der Waals surface area contributed by atoms with Crippen molar-refractivity contribution in [1.82, 2.24) is 10.1 Å². The van der Waals surface area contributed by atoms with Crippen LogP contribution in [0.3, 0.4) is 0 Å². The Labute approximate surface area is 126 Å². The van der Waals surface area contributed by atoms with E-state index in [-0.39, 0.29) is 18.2 Å². The average Bonchev–Trinajstić information content (AvgIpc) is 3.10. The molecule has 2 unspecified atom stereocenters. The zero-order chi connectivity index (χ0) is 14.8. The molecule has 1 aliphatic rings. The number of nitrogens with zero attached hydrogens (tertiary/aromatic N) is 2. The number of hydrogen-bond donors (Lipinski definition) is 1. The van der Waals surface area contributed by atoms with Gasteiger partial charge in [0.15, 0.2) is 5.82 Å². The molecule has 1 N–H and O–H groups in total. The van der Waals surface area contributed by atoms with Crippen molar-refractivity contribution in [3.63, 3.8) is 0 Å². The van der Waals surface area contributed by atoms with E-state index in [2.05, 4.69) is 15.9 Å². The highest BCUT2D eigenvalue weighted by Crippen LogP contribution is 2.27. The van der Waals surface area contributed by atoms with Crippen molar-refractivity contribution < 1.29 is 14.1 Å².